The number of anilines is 1. The first-order chi connectivity index (χ1) is 15.5. The number of rotatable bonds is 7. The molecule has 4 aromatic rings. The maximum Gasteiger partial charge on any atom is 0.248 e. The van der Waals surface area contributed by atoms with E-state index in [1.54, 1.807) is 36.9 Å². The minimum absolute atomic E-state index is 0.160. The number of nitrogens with two attached hydrogens (primary N) is 1. The van der Waals surface area contributed by atoms with Crippen LogP contribution in [0.5, 0.6) is 5.75 Å². The summed E-state index contributed by atoms with van der Waals surface area (Å²) >= 11 is 1.56. The second kappa shape index (κ2) is 8.20. The lowest BCUT2D eigenvalue weighted by molar-refractivity contribution is 0.1000. The molecule has 8 heteroatoms. The molecule has 1 aliphatic rings. The van der Waals surface area contributed by atoms with Crippen molar-refractivity contribution in [3.8, 4) is 16.9 Å². The van der Waals surface area contributed by atoms with Crippen LogP contribution in [0.25, 0.3) is 21.3 Å². The highest BCUT2D eigenvalue weighted by molar-refractivity contribution is 7.17. The molecular formula is C24H21FN4O2S. The van der Waals surface area contributed by atoms with Gasteiger partial charge in [0.1, 0.15) is 28.5 Å². The molecule has 0 radical (unpaired) electrons. The number of benzene rings is 2. The van der Waals surface area contributed by atoms with Gasteiger partial charge in [0.2, 0.25) is 5.91 Å². The van der Waals surface area contributed by atoms with Crippen LogP contribution < -0.4 is 15.4 Å². The molecule has 2 N–H and O–H groups in total. The summed E-state index contributed by atoms with van der Waals surface area (Å²) in [5.41, 5.74) is 8.02. The SMILES string of the molecule is COc1ccc(-c2csc3ncnc(N(Cc4ccc(C(N)=O)cc4F)C4CC4)c23)cc1. The Morgan fingerprint density at radius 3 is 2.66 bits per heavy atom. The lowest BCUT2D eigenvalue weighted by atomic mass is 10.1. The van der Waals surface area contributed by atoms with Gasteiger partial charge in [-0.3, -0.25) is 4.79 Å². The normalized spacial score (nSPS) is 13.3. The third-order valence-corrected chi connectivity index (χ3v) is 6.58. The van der Waals surface area contributed by atoms with Gasteiger partial charge in [-0.1, -0.05) is 18.2 Å². The maximum atomic E-state index is 14.8. The van der Waals surface area contributed by atoms with Crippen LogP contribution in [0.15, 0.2) is 54.2 Å². The van der Waals surface area contributed by atoms with Gasteiger partial charge in [0.05, 0.1) is 12.5 Å². The van der Waals surface area contributed by atoms with E-state index < -0.39 is 11.7 Å². The molecule has 0 bridgehead atoms. The molecule has 0 saturated heterocycles. The molecule has 0 aliphatic heterocycles. The number of carbonyl (C=O) groups is 1. The predicted octanol–water partition coefficient (Wildman–Crippen LogP) is 4.77. The Hall–Kier alpha value is -3.52. The van der Waals surface area contributed by atoms with E-state index in [0.29, 0.717) is 12.1 Å². The largest absolute Gasteiger partial charge is 0.497 e. The van der Waals surface area contributed by atoms with Crippen LogP contribution >= 0.6 is 11.3 Å². The molecule has 2 aromatic carbocycles. The molecule has 1 fully saturated rings. The van der Waals surface area contributed by atoms with E-state index in [4.69, 9.17) is 10.5 Å². The van der Waals surface area contributed by atoms with Crippen molar-refractivity contribution in [3.05, 3.63) is 71.1 Å². The van der Waals surface area contributed by atoms with Crippen LogP contribution in [-0.2, 0) is 6.54 Å². The summed E-state index contributed by atoms with van der Waals surface area (Å²) < 4.78 is 20.0. The van der Waals surface area contributed by atoms with Crippen molar-refractivity contribution in [2.75, 3.05) is 12.0 Å². The molecular weight excluding hydrogens is 427 g/mol. The molecule has 0 spiro atoms. The predicted molar refractivity (Wildman–Crippen MR) is 124 cm³/mol. The average Bonchev–Trinajstić information content (AvgIpc) is 3.56. The van der Waals surface area contributed by atoms with Gasteiger partial charge < -0.3 is 15.4 Å². The second-order valence-electron chi connectivity index (χ2n) is 7.78. The Labute approximate surface area is 188 Å². The van der Waals surface area contributed by atoms with Crippen LogP contribution in [0.4, 0.5) is 10.2 Å². The van der Waals surface area contributed by atoms with E-state index in [1.165, 1.54) is 6.07 Å². The molecule has 1 amide bonds. The fraction of sp³-hybridized carbons (Fsp3) is 0.208. The summed E-state index contributed by atoms with van der Waals surface area (Å²) in [6, 6.07) is 12.6. The van der Waals surface area contributed by atoms with Crippen LogP contribution in [-0.4, -0.2) is 29.0 Å². The molecule has 32 heavy (non-hydrogen) atoms. The number of halogens is 1. The first-order valence-corrected chi connectivity index (χ1v) is 11.1. The molecule has 6 nitrogen and oxygen atoms in total. The molecule has 1 saturated carbocycles. The summed E-state index contributed by atoms with van der Waals surface area (Å²) in [5, 5.41) is 3.04. The quantitative estimate of drug-likeness (QED) is 0.440. The van der Waals surface area contributed by atoms with E-state index in [2.05, 4.69) is 20.2 Å². The number of nitrogens with zero attached hydrogens (tertiary/aromatic N) is 3. The molecule has 1 aliphatic carbocycles. The van der Waals surface area contributed by atoms with Gasteiger partial charge >= 0.3 is 0 Å². The summed E-state index contributed by atoms with van der Waals surface area (Å²) in [6.45, 7) is 0.347. The van der Waals surface area contributed by atoms with Gasteiger partial charge in [0.25, 0.3) is 0 Å². The number of carbonyl (C=O) groups excluding carboxylic acids is 1. The van der Waals surface area contributed by atoms with Crippen molar-refractivity contribution < 1.29 is 13.9 Å². The molecule has 0 atom stereocenters. The van der Waals surface area contributed by atoms with Crippen LogP contribution in [0.3, 0.4) is 0 Å². The standard InChI is InChI=1S/C24H21FN4O2S/c1-31-18-8-4-14(5-9-18)19-12-32-24-21(19)23(27-13-28-24)29(17-6-7-17)11-16-3-2-15(22(26)30)10-20(16)25/h2-5,8-10,12-13,17H,6-7,11H2,1H3,(H2,26,30). The Balaban J connectivity index is 1.57. The monoisotopic (exact) mass is 448 g/mol. The Morgan fingerprint density at radius 2 is 2.00 bits per heavy atom. The van der Waals surface area contributed by atoms with Gasteiger partial charge in [0.15, 0.2) is 0 Å². The second-order valence-corrected chi connectivity index (χ2v) is 8.64. The highest BCUT2D eigenvalue weighted by Crippen LogP contribution is 2.42. The third kappa shape index (κ3) is 3.78. The van der Waals surface area contributed by atoms with Crippen LogP contribution in [0, 0.1) is 5.82 Å². The number of ether oxygens (including phenoxy) is 1. The summed E-state index contributed by atoms with van der Waals surface area (Å²) in [6.07, 6.45) is 3.61. The van der Waals surface area contributed by atoms with Gasteiger partial charge in [-0.15, -0.1) is 11.3 Å². The van der Waals surface area contributed by atoms with E-state index in [9.17, 15) is 9.18 Å². The zero-order chi connectivity index (χ0) is 22.2. The first kappa shape index (κ1) is 20.4. The van der Waals surface area contributed by atoms with Crippen molar-refractivity contribution in [1.82, 2.24) is 9.97 Å². The average molecular weight is 449 g/mol. The minimum atomic E-state index is -0.644. The van der Waals surface area contributed by atoms with Gasteiger partial charge in [0, 0.05) is 34.7 Å². The number of thiophene rings is 1. The third-order valence-electron chi connectivity index (χ3n) is 5.69. The van der Waals surface area contributed by atoms with Gasteiger partial charge in [-0.2, -0.15) is 0 Å². The van der Waals surface area contributed by atoms with Crippen molar-refractivity contribution in [1.29, 1.82) is 0 Å². The first-order valence-electron chi connectivity index (χ1n) is 10.3. The lowest BCUT2D eigenvalue weighted by Crippen LogP contribution is -2.27. The Morgan fingerprint density at radius 1 is 1.22 bits per heavy atom. The Bertz CT molecular complexity index is 1300. The van der Waals surface area contributed by atoms with E-state index in [0.717, 1.165) is 45.8 Å². The number of hydrogen-bond donors (Lipinski definition) is 1. The topological polar surface area (TPSA) is 81.3 Å². The molecule has 2 heterocycles. The highest BCUT2D eigenvalue weighted by atomic mass is 32.1. The number of methoxy groups -OCH3 is 1. The zero-order valence-electron chi connectivity index (χ0n) is 17.4. The summed E-state index contributed by atoms with van der Waals surface area (Å²) in [5.74, 6) is 0.495. The summed E-state index contributed by atoms with van der Waals surface area (Å²) in [4.78, 5) is 23.5. The summed E-state index contributed by atoms with van der Waals surface area (Å²) in [7, 11) is 1.64. The lowest BCUT2D eigenvalue weighted by Gasteiger charge is -2.25. The highest BCUT2D eigenvalue weighted by Gasteiger charge is 2.32. The smallest absolute Gasteiger partial charge is 0.248 e. The molecule has 5 rings (SSSR count). The fourth-order valence-corrected chi connectivity index (χ4v) is 4.75. The van der Waals surface area contributed by atoms with E-state index in [-0.39, 0.29) is 11.6 Å². The van der Waals surface area contributed by atoms with Crippen molar-refractivity contribution in [2.24, 2.45) is 5.73 Å². The number of fused-ring (bicyclic) bond motifs is 1. The van der Waals surface area contributed by atoms with E-state index in [1.807, 2.05) is 24.3 Å². The van der Waals surface area contributed by atoms with Gasteiger partial charge in [-0.05, 0) is 42.7 Å². The van der Waals surface area contributed by atoms with Crippen molar-refractivity contribution in [2.45, 2.75) is 25.4 Å². The van der Waals surface area contributed by atoms with Crippen LogP contribution in [0.2, 0.25) is 0 Å². The van der Waals surface area contributed by atoms with Crippen molar-refractivity contribution >= 4 is 33.3 Å². The minimum Gasteiger partial charge on any atom is -0.497 e. The number of hydrogen-bond acceptors (Lipinski definition) is 6. The molecule has 0 unspecified atom stereocenters. The maximum absolute atomic E-state index is 14.8. The van der Waals surface area contributed by atoms with Crippen LogP contribution in [0.1, 0.15) is 28.8 Å². The van der Waals surface area contributed by atoms with E-state index >= 15 is 0 Å². The van der Waals surface area contributed by atoms with Gasteiger partial charge in [-0.25, -0.2) is 14.4 Å². The molecule has 162 valence electrons. The fourth-order valence-electron chi connectivity index (χ4n) is 3.84. The number of primary amides is 1. The number of aromatic nitrogens is 2. The zero-order valence-corrected chi connectivity index (χ0v) is 18.2. The molecule has 2 aromatic heterocycles. The number of amides is 1. The Kier molecular flexibility index (Phi) is 5.22. The van der Waals surface area contributed by atoms with Crippen molar-refractivity contribution in [3.63, 3.8) is 0 Å².